The van der Waals surface area contributed by atoms with Gasteiger partial charge in [0, 0.05) is 54.8 Å². The number of aromatic nitrogens is 2. The van der Waals surface area contributed by atoms with Gasteiger partial charge in [0.1, 0.15) is 11.4 Å². The van der Waals surface area contributed by atoms with E-state index in [9.17, 15) is 19.2 Å². The monoisotopic (exact) mass is 650 g/mol. The molecule has 0 radical (unpaired) electrons. The molecule has 5 rings (SSSR count). The Hall–Kier alpha value is -4.12. The highest BCUT2D eigenvalue weighted by atomic mass is 35.5. The van der Waals surface area contributed by atoms with E-state index in [1.54, 1.807) is 62.1 Å². The average molecular weight is 651 g/mol. The molecule has 1 aromatic heterocycles. The van der Waals surface area contributed by atoms with Crippen LogP contribution >= 0.6 is 11.6 Å². The molecule has 46 heavy (non-hydrogen) atoms. The Morgan fingerprint density at radius 2 is 1.83 bits per heavy atom. The molecule has 246 valence electrons. The van der Waals surface area contributed by atoms with Crippen LogP contribution in [0.3, 0.4) is 0 Å². The minimum atomic E-state index is -0.609. The van der Waals surface area contributed by atoms with E-state index >= 15 is 0 Å². The van der Waals surface area contributed by atoms with Crippen LogP contribution in [0, 0.1) is 6.92 Å². The van der Waals surface area contributed by atoms with Gasteiger partial charge in [-0.25, -0.2) is 9.78 Å². The van der Waals surface area contributed by atoms with Crippen LogP contribution in [0.5, 0.6) is 0 Å². The summed E-state index contributed by atoms with van der Waals surface area (Å²) < 4.78 is 5.34. The number of benzene rings is 2. The van der Waals surface area contributed by atoms with Gasteiger partial charge in [0.2, 0.25) is 5.91 Å². The summed E-state index contributed by atoms with van der Waals surface area (Å²) in [5, 5.41) is 6.41. The predicted molar refractivity (Wildman–Crippen MR) is 176 cm³/mol. The first-order chi connectivity index (χ1) is 21.9. The van der Waals surface area contributed by atoms with Crippen molar-refractivity contribution >= 4 is 46.4 Å². The molecule has 0 aliphatic carbocycles. The fourth-order valence-corrected chi connectivity index (χ4v) is 6.30. The van der Waals surface area contributed by atoms with Crippen LogP contribution in [0.1, 0.15) is 97.4 Å². The zero-order valence-electron chi connectivity index (χ0n) is 27.0. The number of ether oxygens (including phenoxy) is 1. The highest BCUT2D eigenvalue weighted by Gasteiger charge is 2.31. The summed E-state index contributed by atoms with van der Waals surface area (Å²) in [6.45, 7) is 9.65. The lowest BCUT2D eigenvalue weighted by atomic mass is 10.0. The van der Waals surface area contributed by atoms with E-state index in [0.717, 1.165) is 49.9 Å². The standard InChI is InChI=1S/C34H43ClN6O5/c1-21-18-22(9-11-25(21)32(44)40-15-5-6-16-40)31(43)39-27(30-37-26-12-10-23(35)19-28(26)38-30)13-14-29(42)41-17-7-8-24(41)20-36-33(45)46-34(2,3)4/h9-12,18-19,24,27H,5-8,13-17,20H2,1-4H3,(H,36,45)(H,37,38)(H,39,43)/t24-,27?/m1/s1. The van der Waals surface area contributed by atoms with Crippen molar-refractivity contribution in [1.29, 1.82) is 0 Å². The van der Waals surface area contributed by atoms with Gasteiger partial charge in [0.25, 0.3) is 11.8 Å². The minimum Gasteiger partial charge on any atom is -0.444 e. The van der Waals surface area contributed by atoms with Crippen LogP contribution in [0.2, 0.25) is 5.02 Å². The second-order valence-corrected chi connectivity index (χ2v) is 13.6. The highest BCUT2D eigenvalue weighted by molar-refractivity contribution is 6.31. The Labute approximate surface area is 274 Å². The van der Waals surface area contributed by atoms with Gasteiger partial charge in [-0.2, -0.15) is 0 Å². The molecule has 0 saturated carbocycles. The lowest BCUT2D eigenvalue weighted by Gasteiger charge is -2.27. The van der Waals surface area contributed by atoms with Crippen LogP contribution in [0.15, 0.2) is 36.4 Å². The van der Waals surface area contributed by atoms with Crippen LogP contribution in [0.4, 0.5) is 4.79 Å². The number of carbonyl (C=O) groups is 4. The van der Waals surface area contributed by atoms with Crippen LogP contribution < -0.4 is 10.6 Å². The number of aromatic amines is 1. The van der Waals surface area contributed by atoms with E-state index in [4.69, 9.17) is 21.3 Å². The topological polar surface area (TPSA) is 137 Å². The normalized spacial score (nSPS) is 17.3. The number of fused-ring (bicyclic) bond motifs is 1. The maximum atomic E-state index is 13.6. The SMILES string of the molecule is Cc1cc(C(=O)NC(CCC(=O)N2CCC[C@@H]2CNC(=O)OC(C)(C)C)c2nc3ccc(Cl)cc3[nH]2)ccc1C(=O)N1CCCC1. The third-order valence-corrected chi connectivity index (χ3v) is 8.67. The van der Waals surface area contributed by atoms with E-state index in [0.29, 0.717) is 47.0 Å². The zero-order chi connectivity index (χ0) is 33.0. The maximum absolute atomic E-state index is 13.6. The predicted octanol–water partition coefficient (Wildman–Crippen LogP) is 5.53. The number of imidazole rings is 1. The summed E-state index contributed by atoms with van der Waals surface area (Å²) in [6, 6.07) is 9.69. The third-order valence-electron chi connectivity index (χ3n) is 8.44. The highest BCUT2D eigenvalue weighted by Crippen LogP contribution is 2.26. The number of nitrogens with zero attached hydrogens (tertiary/aromatic N) is 3. The van der Waals surface area contributed by atoms with Crippen molar-refractivity contribution in [3.05, 3.63) is 63.9 Å². The second kappa shape index (κ2) is 14.1. The quantitative estimate of drug-likeness (QED) is 0.279. The molecule has 4 amide bonds. The van der Waals surface area contributed by atoms with Gasteiger partial charge in [-0.15, -0.1) is 0 Å². The van der Waals surface area contributed by atoms with Gasteiger partial charge >= 0.3 is 6.09 Å². The van der Waals surface area contributed by atoms with Crippen molar-refractivity contribution in [2.24, 2.45) is 0 Å². The molecule has 12 heteroatoms. The molecule has 2 aromatic carbocycles. The first kappa shape index (κ1) is 33.2. The van der Waals surface area contributed by atoms with Gasteiger partial charge < -0.3 is 30.2 Å². The lowest BCUT2D eigenvalue weighted by molar-refractivity contribution is -0.132. The lowest BCUT2D eigenvalue weighted by Crippen LogP contribution is -2.44. The summed E-state index contributed by atoms with van der Waals surface area (Å²) >= 11 is 6.20. The molecule has 2 fully saturated rings. The summed E-state index contributed by atoms with van der Waals surface area (Å²) in [5.74, 6) is 0.105. The van der Waals surface area contributed by atoms with Crippen LogP contribution in [0.25, 0.3) is 11.0 Å². The van der Waals surface area contributed by atoms with Crippen molar-refractivity contribution in [2.45, 2.75) is 83.9 Å². The molecule has 2 atom stereocenters. The van der Waals surface area contributed by atoms with Gasteiger partial charge in [-0.1, -0.05) is 11.6 Å². The first-order valence-corrected chi connectivity index (χ1v) is 16.4. The van der Waals surface area contributed by atoms with Crippen molar-refractivity contribution in [3.8, 4) is 0 Å². The number of likely N-dealkylation sites (tertiary alicyclic amines) is 2. The Balaban J connectivity index is 1.28. The van der Waals surface area contributed by atoms with Gasteiger partial charge in [0.05, 0.1) is 17.1 Å². The largest absolute Gasteiger partial charge is 0.444 e. The number of halogens is 1. The van der Waals surface area contributed by atoms with Crippen molar-refractivity contribution < 1.29 is 23.9 Å². The van der Waals surface area contributed by atoms with Crippen LogP contribution in [-0.2, 0) is 9.53 Å². The second-order valence-electron chi connectivity index (χ2n) is 13.1. The molecule has 3 aromatic rings. The Morgan fingerprint density at radius 1 is 1.07 bits per heavy atom. The summed E-state index contributed by atoms with van der Waals surface area (Å²) in [4.78, 5) is 63.8. The van der Waals surface area contributed by atoms with Gasteiger partial charge in [0.15, 0.2) is 0 Å². The number of nitrogens with one attached hydrogen (secondary N) is 3. The fourth-order valence-electron chi connectivity index (χ4n) is 6.12. The summed E-state index contributed by atoms with van der Waals surface area (Å²) in [7, 11) is 0. The Bertz CT molecular complexity index is 1610. The molecule has 1 unspecified atom stereocenters. The number of aryl methyl sites for hydroxylation is 1. The molecular formula is C34H43ClN6O5. The summed E-state index contributed by atoms with van der Waals surface area (Å²) in [5.41, 5.74) is 2.55. The Morgan fingerprint density at radius 3 is 2.54 bits per heavy atom. The molecule has 2 aliphatic heterocycles. The molecule has 0 bridgehead atoms. The van der Waals surface area contributed by atoms with Crippen molar-refractivity contribution in [2.75, 3.05) is 26.2 Å². The molecular weight excluding hydrogens is 608 g/mol. The molecule has 11 nitrogen and oxygen atoms in total. The number of H-pyrrole nitrogens is 1. The molecule has 2 saturated heterocycles. The van der Waals surface area contributed by atoms with E-state index in [-0.39, 0.29) is 30.2 Å². The number of carbonyl (C=O) groups excluding carboxylic acids is 4. The molecule has 3 heterocycles. The van der Waals surface area contributed by atoms with Crippen LogP contribution in [-0.4, -0.2) is 81.4 Å². The number of alkyl carbamates (subject to hydrolysis) is 1. The fraction of sp³-hybridized carbons (Fsp3) is 0.500. The van der Waals surface area contributed by atoms with Gasteiger partial charge in [-0.05, 0) is 102 Å². The Kier molecular flexibility index (Phi) is 10.2. The average Bonchev–Trinajstić information content (AvgIpc) is 3.77. The minimum absolute atomic E-state index is 0.0132. The third kappa shape index (κ3) is 8.17. The molecule has 0 spiro atoms. The van der Waals surface area contributed by atoms with E-state index in [1.807, 2.05) is 11.8 Å². The maximum Gasteiger partial charge on any atom is 0.407 e. The van der Waals surface area contributed by atoms with E-state index < -0.39 is 17.7 Å². The zero-order valence-corrected chi connectivity index (χ0v) is 27.7. The van der Waals surface area contributed by atoms with E-state index in [2.05, 4.69) is 15.6 Å². The number of hydrogen-bond acceptors (Lipinski definition) is 6. The molecule has 2 aliphatic rings. The number of hydrogen-bond donors (Lipinski definition) is 3. The van der Waals surface area contributed by atoms with Gasteiger partial charge in [-0.3, -0.25) is 14.4 Å². The first-order valence-electron chi connectivity index (χ1n) is 16.0. The smallest absolute Gasteiger partial charge is 0.407 e. The summed E-state index contributed by atoms with van der Waals surface area (Å²) in [6.07, 6.45) is 3.58. The van der Waals surface area contributed by atoms with E-state index in [1.165, 1.54) is 0 Å². The number of amides is 4. The van der Waals surface area contributed by atoms with Crippen molar-refractivity contribution in [3.63, 3.8) is 0 Å². The van der Waals surface area contributed by atoms with Crippen molar-refractivity contribution in [1.82, 2.24) is 30.4 Å². The molecule has 3 N–H and O–H groups in total. The number of rotatable bonds is 9.